The summed E-state index contributed by atoms with van der Waals surface area (Å²) in [5, 5.41) is 16.7. The highest BCUT2D eigenvalue weighted by Gasteiger charge is 2.08. The molecule has 0 radical (unpaired) electrons. The van der Waals surface area contributed by atoms with Crippen molar-refractivity contribution in [3.63, 3.8) is 0 Å². The van der Waals surface area contributed by atoms with Crippen LogP contribution in [0.15, 0.2) is 21.5 Å². The quantitative estimate of drug-likeness (QED) is 0.903. The number of carboxylic acid groups (broad SMARTS) is 1. The Labute approximate surface area is 105 Å². The van der Waals surface area contributed by atoms with E-state index in [-0.39, 0.29) is 5.69 Å². The third-order valence-corrected chi connectivity index (χ3v) is 3.53. The van der Waals surface area contributed by atoms with Crippen LogP contribution in [-0.4, -0.2) is 30.6 Å². The molecule has 0 spiro atoms. The van der Waals surface area contributed by atoms with Crippen molar-refractivity contribution in [1.82, 2.24) is 19.6 Å². The molecule has 2 aromatic heterocycles. The first kappa shape index (κ1) is 11.9. The molecule has 0 aromatic carbocycles. The Morgan fingerprint density at radius 2 is 2.29 bits per heavy atom. The fraction of sp³-hybridized carbons (Fsp3) is 0.222. The van der Waals surface area contributed by atoms with Crippen LogP contribution < -0.4 is 0 Å². The zero-order valence-corrected chi connectivity index (χ0v) is 10.5. The maximum Gasteiger partial charge on any atom is 0.356 e. The van der Waals surface area contributed by atoms with Crippen LogP contribution in [0.5, 0.6) is 0 Å². The van der Waals surface area contributed by atoms with E-state index in [1.165, 1.54) is 29.4 Å². The van der Waals surface area contributed by atoms with Gasteiger partial charge in [-0.2, -0.15) is 4.37 Å². The summed E-state index contributed by atoms with van der Waals surface area (Å²) in [6.07, 6.45) is 0.792. The van der Waals surface area contributed by atoms with Gasteiger partial charge in [0.1, 0.15) is 10.9 Å². The zero-order chi connectivity index (χ0) is 12.3. The first-order valence-corrected chi connectivity index (χ1v) is 6.35. The van der Waals surface area contributed by atoms with Crippen molar-refractivity contribution in [3.05, 3.63) is 23.7 Å². The molecule has 88 valence electrons. The van der Waals surface area contributed by atoms with E-state index in [0.717, 1.165) is 16.6 Å². The molecule has 0 saturated heterocycles. The second-order valence-corrected chi connectivity index (χ2v) is 5.01. The predicted octanol–water partition coefficient (Wildman–Crippen LogP) is 1.74. The van der Waals surface area contributed by atoms with Gasteiger partial charge in [0.2, 0.25) is 0 Å². The molecule has 0 amide bonds. The summed E-state index contributed by atoms with van der Waals surface area (Å²) in [7, 11) is 0. The van der Waals surface area contributed by atoms with Gasteiger partial charge in [-0.05, 0) is 35.4 Å². The lowest BCUT2D eigenvalue weighted by Crippen LogP contribution is -2.01. The molecular formula is C9H8N4O2S2. The van der Waals surface area contributed by atoms with Crippen LogP contribution in [0.4, 0.5) is 0 Å². The second kappa shape index (κ2) is 5.19. The lowest BCUT2D eigenvalue weighted by Gasteiger charge is -1.95. The summed E-state index contributed by atoms with van der Waals surface area (Å²) in [6, 6.07) is 3.02. The normalized spacial score (nSPS) is 10.4. The van der Waals surface area contributed by atoms with Crippen LogP contribution in [0.2, 0.25) is 0 Å². The topological polar surface area (TPSA) is 88.9 Å². The van der Waals surface area contributed by atoms with E-state index in [4.69, 9.17) is 5.11 Å². The summed E-state index contributed by atoms with van der Waals surface area (Å²) >= 11 is 2.62. The molecule has 0 bridgehead atoms. The summed E-state index contributed by atoms with van der Waals surface area (Å²) in [5.41, 5.74) is -0.0686. The van der Waals surface area contributed by atoms with Crippen LogP contribution in [0.3, 0.4) is 0 Å². The molecule has 0 aliphatic heterocycles. The molecule has 0 aliphatic rings. The van der Waals surface area contributed by atoms with Gasteiger partial charge in [0, 0.05) is 6.42 Å². The van der Waals surface area contributed by atoms with E-state index in [9.17, 15) is 4.79 Å². The van der Waals surface area contributed by atoms with E-state index in [0.29, 0.717) is 5.03 Å². The molecule has 0 atom stereocenters. The van der Waals surface area contributed by atoms with Gasteiger partial charge in [-0.3, -0.25) is 0 Å². The second-order valence-electron chi connectivity index (χ2n) is 2.99. The van der Waals surface area contributed by atoms with Gasteiger partial charge in [0.25, 0.3) is 0 Å². The van der Waals surface area contributed by atoms with E-state index in [2.05, 4.69) is 19.6 Å². The number of carbonyl (C=O) groups is 1. The number of aromatic nitrogens is 4. The Bertz CT molecular complexity index is 526. The molecule has 17 heavy (non-hydrogen) atoms. The van der Waals surface area contributed by atoms with Crippen LogP contribution in [0, 0.1) is 0 Å². The SMILES string of the molecule is CCc1nsc(Sc2ccc(C(=O)O)nn2)n1. The summed E-state index contributed by atoms with van der Waals surface area (Å²) in [6.45, 7) is 1.98. The van der Waals surface area contributed by atoms with Gasteiger partial charge >= 0.3 is 5.97 Å². The predicted molar refractivity (Wildman–Crippen MR) is 62.4 cm³/mol. The van der Waals surface area contributed by atoms with Crippen molar-refractivity contribution < 1.29 is 9.90 Å². The lowest BCUT2D eigenvalue weighted by molar-refractivity contribution is 0.0689. The Morgan fingerprint density at radius 1 is 1.47 bits per heavy atom. The van der Waals surface area contributed by atoms with Gasteiger partial charge in [0.05, 0.1) is 0 Å². The monoisotopic (exact) mass is 268 g/mol. The van der Waals surface area contributed by atoms with Gasteiger partial charge in [-0.15, -0.1) is 10.2 Å². The van der Waals surface area contributed by atoms with Crippen LogP contribution in [0.1, 0.15) is 23.2 Å². The van der Waals surface area contributed by atoms with Crippen molar-refractivity contribution in [2.75, 3.05) is 0 Å². The van der Waals surface area contributed by atoms with Crippen molar-refractivity contribution in [1.29, 1.82) is 0 Å². The minimum atomic E-state index is -1.08. The highest BCUT2D eigenvalue weighted by molar-refractivity contribution is 8.00. The Hall–Kier alpha value is -1.54. The maximum absolute atomic E-state index is 10.6. The molecule has 6 nitrogen and oxygen atoms in total. The molecule has 0 aliphatic carbocycles. The average molecular weight is 268 g/mol. The molecule has 8 heteroatoms. The fourth-order valence-electron chi connectivity index (χ4n) is 1.00. The first-order valence-electron chi connectivity index (χ1n) is 4.76. The zero-order valence-electron chi connectivity index (χ0n) is 8.82. The largest absolute Gasteiger partial charge is 0.476 e. The van der Waals surface area contributed by atoms with E-state index < -0.39 is 5.97 Å². The molecule has 0 saturated carbocycles. The standard InChI is InChI=1S/C9H8N4O2S2/c1-2-6-10-9(17-13-6)16-7-4-3-5(8(14)15)11-12-7/h3-4H,2H2,1H3,(H,14,15). The Kier molecular flexibility index (Phi) is 3.64. The summed E-state index contributed by atoms with van der Waals surface area (Å²) in [4.78, 5) is 14.9. The molecule has 2 rings (SSSR count). The van der Waals surface area contributed by atoms with Crippen molar-refractivity contribution in [2.45, 2.75) is 22.7 Å². The smallest absolute Gasteiger partial charge is 0.356 e. The van der Waals surface area contributed by atoms with Crippen LogP contribution in [-0.2, 0) is 6.42 Å². The van der Waals surface area contributed by atoms with Crippen LogP contribution >= 0.6 is 23.3 Å². The molecule has 1 N–H and O–H groups in total. The van der Waals surface area contributed by atoms with Crippen molar-refractivity contribution >= 4 is 29.3 Å². The number of aromatic carboxylic acids is 1. The first-order chi connectivity index (χ1) is 8.19. The minimum Gasteiger partial charge on any atom is -0.476 e. The fourth-order valence-corrected chi connectivity index (χ4v) is 2.57. The molecule has 0 unspecified atom stereocenters. The van der Waals surface area contributed by atoms with E-state index in [1.807, 2.05) is 6.92 Å². The lowest BCUT2D eigenvalue weighted by atomic mass is 10.4. The highest BCUT2D eigenvalue weighted by Crippen LogP contribution is 2.26. The van der Waals surface area contributed by atoms with E-state index >= 15 is 0 Å². The van der Waals surface area contributed by atoms with Crippen molar-refractivity contribution in [3.8, 4) is 0 Å². The highest BCUT2D eigenvalue weighted by atomic mass is 32.2. The average Bonchev–Trinajstić information content (AvgIpc) is 2.77. The van der Waals surface area contributed by atoms with Crippen LogP contribution in [0.25, 0.3) is 0 Å². The van der Waals surface area contributed by atoms with Gasteiger partial charge in [0.15, 0.2) is 10.0 Å². The summed E-state index contributed by atoms with van der Waals surface area (Å²) in [5.74, 6) is -0.286. The Balaban J connectivity index is 2.10. The minimum absolute atomic E-state index is 0.0686. The maximum atomic E-state index is 10.6. The number of nitrogens with zero attached hydrogens (tertiary/aromatic N) is 4. The number of aryl methyl sites for hydroxylation is 1. The third kappa shape index (κ3) is 2.98. The number of rotatable bonds is 4. The Morgan fingerprint density at radius 3 is 2.82 bits per heavy atom. The molecule has 0 fully saturated rings. The number of carboxylic acids is 1. The number of hydrogen-bond donors (Lipinski definition) is 1. The third-order valence-electron chi connectivity index (χ3n) is 1.82. The molecule has 2 aromatic rings. The van der Waals surface area contributed by atoms with Gasteiger partial charge < -0.3 is 5.11 Å². The summed E-state index contributed by atoms with van der Waals surface area (Å²) < 4.78 is 4.92. The molecule has 2 heterocycles. The number of hydrogen-bond acceptors (Lipinski definition) is 7. The molecular weight excluding hydrogens is 260 g/mol. The van der Waals surface area contributed by atoms with Gasteiger partial charge in [-0.1, -0.05) is 6.92 Å². The van der Waals surface area contributed by atoms with Gasteiger partial charge in [-0.25, -0.2) is 9.78 Å². The van der Waals surface area contributed by atoms with Crippen molar-refractivity contribution in [2.24, 2.45) is 0 Å². The van der Waals surface area contributed by atoms with E-state index in [1.54, 1.807) is 6.07 Å².